The first-order valence-corrected chi connectivity index (χ1v) is 7.27. The second kappa shape index (κ2) is 4.57. The summed E-state index contributed by atoms with van der Waals surface area (Å²) in [5.74, 6) is 0.818. The molecule has 0 fully saturated rings. The van der Waals surface area contributed by atoms with Crippen LogP contribution in [0.1, 0.15) is 18.1 Å². The van der Waals surface area contributed by atoms with Crippen molar-refractivity contribution in [3.63, 3.8) is 0 Å². The zero-order valence-electron chi connectivity index (χ0n) is 9.60. The number of imidazole rings is 1. The lowest BCUT2D eigenvalue weighted by atomic mass is 10.3. The first kappa shape index (κ1) is 12.0. The zero-order valence-corrected chi connectivity index (χ0v) is 11.9. The lowest BCUT2D eigenvalue weighted by molar-refractivity contribution is 0.885. The van der Waals surface area contributed by atoms with Crippen LogP contribution in [0.4, 0.5) is 0 Å². The molecule has 1 aromatic carbocycles. The van der Waals surface area contributed by atoms with E-state index >= 15 is 0 Å². The second-order valence-corrected chi connectivity index (χ2v) is 5.85. The normalized spacial score (nSPS) is 13.1. The molecular weight excluding hydrogens is 287 g/mol. The van der Waals surface area contributed by atoms with Gasteiger partial charge in [-0.2, -0.15) is 11.3 Å². The van der Waals surface area contributed by atoms with Crippen molar-refractivity contribution in [1.82, 2.24) is 9.55 Å². The number of aromatic nitrogens is 2. The molecule has 5 heteroatoms. The molecule has 1 unspecified atom stereocenters. The van der Waals surface area contributed by atoms with Crippen molar-refractivity contribution < 1.29 is 0 Å². The molecule has 18 heavy (non-hydrogen) atoms. The molecule has 0 spiro atoms. The maximum absolute atomic E-state index is 6.30. The van der Waals surface area contributed by atoms with Gasteiger partial charge >= 0.3 is 0 Å². The largest absolute Gasteiger partial charge is 0.293 e. The summed E-state index contributed by atoms with van der Waals surface area (Å²) in [5.41, 5.74) is 2.84. The van der Waals surface area contributed by atoms with Gasteiger partial charge in [0.1, 0.15) is 5.82 Å². The van der Waals surface area contributed by atoms with E-state index < -0.39 is 0 Å². The van der Waals surface area contributed by atoms with Gasteiger partial charge < -0.3 is 0 Å². The highest BCUT2D eigenvalue weighted by molar-refractivity contribution is 7.08. The number of fused-ring (bicyclic) bond motifs is 1. The van der Waals surface area contributed by atoms with E-state index in [0.29, 0.717) is 5.02 Å². The minimum atomic E-state index is -0.173. The first-order valence-electron chi connectivity index (χ1n) is 5.52. The van der Waals surface area contributed by atoms with Crippen LogP contribution in [0, 0.1) is 0 Å². The number of benzene rings is 1. The fourth-order valence-corrected chi connectivity index (χ4v) is 3.04. The Kier molecular flexibility index (Phi) is 3.06. The molecule has 0 aliphatic carbocycles. The second-order valence-electron chi connectivity index (χ2n) is 4.01. The summed E-state index contributed by atoms with van der Waals surface area (Å²) in [4.78, 5) is 4.58. The highest BCUT2D eigenvalue weighted by Gasteiger charge is 2.18. The highest BCUT2D eigenvalue weighted by Crippen LogP contribution is 2.32. The molecule has 0 saturated carbocycles. The summed E-state index contributed by atoms with van der Waals surface area (Å²) in [5, 5.41) is 4.61. The number of hydrogen-bond acceptors (Lipinski definition) is 2. The van der Waals surface area contributed by atoms with Gasteiger partial charge in [-0.15, -0.1) is 11.6 Å². The predicted octanol–water partition coefficient (Wildman–Crippen LogP) is 5.04. The van der Waals surface area contributed by atoms with Gasteiger partial charge in [0.2, 0.25) is 0 Å². The summed E-state index contributed by atoms with van der Waals surface area (Å²) in [6.45, 7) is 1.92. The van der Waals surface area contributed by atoms with Crippen molar-refractivity contribution in [2.75, 3.05) is 0 Å². The number of alkyl halides is 1. The van der Waals surface area contributed by atoms with E-state index in [1.807, 2.05) is 41.1 Å². The average Bonchev–Trinajstić information content (AvgIpc) is 2.95. The lowest BCUT2D eigenvalue weighted by Crippen LogP contribution is -2.00. The van der Waals surface area contributed by atoms with Crippen LogP contribution in [-0.4, -0.2) is 9.55 Å². The Morgan fingerprint density at radius 3 is 2.83 bits per heavy atom. The third kappa shape index (κ3) is 1.83. The van der Waals surface area contributed by atoms with Crippen LogP contribution < -0.4 is 0 Å². The van der Waals surface area contributed by atoms with Crippen LogP contribution in [0.3, 0.4) is 0 Å². The van der Waals surface area contributed by atoms with Gasteiger partial charge in [-0.1, -0.05) is 17.7 Å². The lowest BCUT2D eigenvalue weighted by Gasteiger charge is -2.08. The molecule has 0 aliphatic heterocycles. The van der Waals surface area contributed by atoms with Crippen molar-refractivity contribution in [3.8, 4) is 5.69 Å². The van der Waals surface area contributed by atoms with E-state index in [1.165, 1.54) is 0 Å². The van der Waals surface area contributed by atoms with Gasteiger partial charge in [-0.3, -0.25) is 4.57 Å². The molecule has 0 radical (unpaired) electrons. The molecule has 0 saturated heterocycles. The Morgan fingerprint density at radius 2 is 2.17 bits per heavy atom. The van der Waals surface area contributed by atoms with Crippen LogP contribution in [-0.2, 0) is 0 Å². The molecule has 0 aliphatic rings. The average molecular weight is 297 g/mol. The van der Waals surface area contributed by atoms with Crippen molar-refractivity contribution >= 4 is 45.6 Å². The number of thiophene rings is 1. The summed E-state index contributed by atoms with van der Waals surface area (Å²) >= 11 is 14.2. The molecule has 0 amide bonds. The fraction of sp³-hybridized carbons (Fsp3) is 0.154. The molecule has 3 rings (SSSR count). The minimum Gasteiger partial charge on any atom is -0.293 e. The van der Waals surface area contributed by atoms with Crippen LogP contribution in [0.15, 0.2) is 35.0 Å². The molecule has 2 heterocycles. The summed E-state index contributed by atoms with van der Waals surface area (Å²) < 4.78 is 2.03. The van der Waals surface area contributed by atoms with E-state index in [1.54, 1.807) is 11.3 Å². The van der Waals surface area contributed by atoms with Crippen LogP contribution in [0.5, 0.6) is 0 Å². The Morgan fingerprint density at radius 1 is 1.33 bits per heavy atom. The van der Waals surface area contributed by atoms with Crippen molar-refractivity contribution in [1.29, 1.82) is 0 Å². The highest BCUT2D eigenvalue weighted by atomic mass is 35.5. The van der Waals surface area contributed by atoms with Crippen molar-refractivity contribution in [2.45, 2.75) is 12.3 Å². The molecule has 0 N–H and O–H groups in total. The van der Waals surface area contributed by atoms with Crippen LogP contribution in [0.2, 0.25) is 5.02 Å². The maximum atomic E-state index is 6.30. The van der Waals surface area contributed by atoms with Crippen molar-refractivity contribution in [2.24, 2.45) is 0 Å². The van der Waals surface area contributed by atoms with Crippen molar-refractivity contribution in [3.05, 3.63) is 45.9 Å². The predicted molar refractivity (Wildman–Crippen MR) is 78.2 cm³/mol. The van der Waals surface area contributed by atoms with Gasteiger partial charge in [-0.05, 0) is 30.5 Å². The van der Waals surface area contributed by atoms with E-state index in [2.05, 4.69) is 10.4 Å². The standard InChI is InChI=1S/C13H10Cl2N2S/c1-8(14)13-16-11-4-2-3-10(15)12(11)17(13)9-5-6-18-7-9/h2-8H,1H3. The van der Waals surface area contributed by atoms with Gasteiger partial charge in [0.05, 0.1) is 27.1 Å². The summed E-state index contributed by atoms with van der Waals surface area (Å²) in [6.07, 6.45) is 0. The zero-order chi connectivity index (χ0) is 12.7. The molecule has 92 valence electrons. The number of halogens is 2. The molecule has 0 bridgehead atoms. The number of para-hydroxylation sites is 1. The number of rotatable bonds is 2. The third-order valence-electron chi connectivity index (χ3n) is 2.77. The molecular formula is C13H10Cl2N2S. The summed E-state index contributed by atoms with van der Waals surface area (Å²) in [6, 6.07) is 7.76. The van der Waals surface area contributed by atoms with Gasteiger partial charge in [0.25, 0.3) is 0 Å². The summed E-state index contributed by atoms with van der Waals surface area (Å²) in [7, 11) is 0. The molecule has 1 atom stereocenters. The topological polar surface area (TPSA) is 17.8 Å². The number of hydrogen-bond donors (Lipinski definition) is 0. The monoisotopic (exact) mass is 296 g/mol. The Bertz CT molecular complexity index is 686. The van der Waals surface area contributed by atoms with Gasteiger partial charge in [0.15, 0.2) is 0 Å². The van der Waals surface area contributed by atoms with E-state index in [-0.39, 0.29) is 5.38 Å². The minimum absolute atomic E-state index is 0.173. The van der Waals surface area contributed by atoms with Crippen LogP contribution >= 0.6 is 34.5 Å². The third-order valence-corrected chi connectivity index (χ3v) is 3.94. The SMILES string of the molecule is CC(Cl)c1nc2cccc(Cl)c2n1-c1ccsc1. The Balaban J connectivity index is 2.42. The quantitative estimate of drug-likeness (QED) is 0.606. The number of nitrogens with zero attached hydrogens (tertiary/aromatic N) is 2. The van der Waals surface area contributed by atoms with E-state index in [4.69, 9.17) is 23.2 Å². The van der Waals surface area contributed by atoms with Gasteiger partial charge in [-0.25, -0.2) is 4.98 Å². The smallest absolute Gasteiger partial charge is 0.132 e. The molecule has 3 aromatic rings. The van der Waals surface area contributed by atoms with E-state index in [9.17, 15) is 0 Å². The maximum Gasteiger partial charge on any atom is 0.132 e. The first-order chi connectivity index (χ1) is 8.68. The Hall–Kier alpha value is -1.03. The molecule has 2 aromatic heterocycles. The van der Waals surface area contributed by atoms with Gasteiger partial charge in [0, 0.05) is 5.38 Å². The van der Waals surface area contributed by atoms with E-state index in [0.717, 1.165) is 22.5 Å². The molecule has 2 nitrogen and oxygen atoms in total. The van der Waals surface area contributed by atoms with Crippen LogP contribution in [0.25, 0.3) is 16.7 Å². The fourth-order valence-electron chi connectivity index (χ4n) is 2.02. The Labute approximate surface area is 119 Å².